The van der Waals surface area contributed by atoms with E-state index in [4.69, 9.17) is 9.47 Å². The largest absolute Gasteiger partial charge is 0.494 e. The van der Waals surface area contributed by atoms with E-state index in [2.05, 4.69) is 15.0 Å². The van der Waals surface area contributed by atoms with Crippen LogP contribution in [0.5, 0.6) is 11.6 Å². The minimum absolute atomic E-state index is 0.0628. The summed E-state index contributed by atoms with van der Waals surface area (Å²) < 4.78 is 83.8. The minimum Gasteiger partial charge on any atom is -0.494 e. The number of carboxylic acid groups (broad SMARTS) is 1. The highest BCUT2D eigenvalue weighted by atomic mass is 32.2. The highest BCUT2D eigenvalue weighted by Crippen LogP contribution is 2.47. The monoisotopic (exact) mass is 821 g/mol. The summed E-state index contributed by atoms with van der Waals surface area (Å²) >= 11 is 0. The molecule has 57 heavy (non-hydrogen) atoms. The van der Waals surface area contributed by atoms with Crippen molar-refractivity contribution in [1.29, 1.82) is 0 Å². The number of fused-ring (bicyclic) bond motifs is 3. The molecule has 2 aliphatic heterocycles. The van der Waals surface area contributed by atoms with Gasteiger partial charge in [0.05, 0.1) is 18.4 Å². The quantitative estimate of drug-likeness (QED) is 0.286. The number of hydrogen-bond acceptors (Lipinski definition) is 9. The molecule has 1 aromatic carbocycles. The predicted octanol–water partition coefficient (Wildman–Crippen LogP) is 5.17. The molecule has 312 valence electrons. The number of sulfonamides is 1. The summed E-state index contributed by atoms with van der Waals surface area (Å²) in [4.78, 5) is 61.7. The molecule has 3 heterocycles. The van der Waals surface area contributed by atoms with Crippen molar-refractivity contribution in [3.63, 3.8) is 0 Å². The van der Waals surface area contributed by atoms with E-state index in [1.165, 1.54) is 13.1 Å². The van der Waals surface area contributed by atoms with Crippen molar-refractivity contribution in [3.8, 4) is 11.6 Å². The lowest BCUT2D eigenvalue weighted by Crippen LogP contribution is -2.66. The first-order valence-electron chi connectivity index (χ1n) is 19.3. The second kappa shape index (κ2) is 15.6. The fraction of sp³-hybridized carbons (Fsp3) is 0.615. The standard InChI is InChI=1S/C39H50F3N5O9S/c1-6-55-26-11-14-29-24(18-26)15-16-43-33(29)56-27-19-30-32(48)44-38(35(50)45-57(53,54)28-12-13-28)20-25(38)10-8-7-9-22(2)17-23(3)31(34(49)46(30)21-27)47(36(51)52)37(4,5)39(40,41)42/h8,10-11,14-16,18,22-23,25,27-28,30-31H,6-7,9,12-13,17,19-21H2,1-5H3,(H,44,48)(H,45,50)(H,51,52)/t22-,23-,25-,27-,30+,31+,38-/m1/s1. The van der Waals surface area contributed by atoms with Crippen molar-refractivity contribution in [3.05, 3.63) is 42.6 Å². The maximum atomic E-state index is 14.9. The third-order valence-electron chi connectivity index (χ3n) is 11.6. The van der Waals surface area contributed by atoms with E-state index in [-0.39, 0.29) is 42.5 Å². The highest BCUT2D eigenvalue weighted by molar-refractivity contribution is 7.91. The number of rotatable bonds is 9. The molecule has 4 aliphatic rings. The van der Waals surface area contributed by atoms with Gasteiger partial charge in [-0.05, 0) is 101 Å². The van der Waals surface area contributed by atoms with E-state index in [0.29, 0.717) is 62.7 Å². The summed E-state index contributed by atoms with van der Waals surface area (Å²) in [7, 11) is -4.02. The fourth-order valence-electron chi connectivity index (χ4n) is 8.12. The minimum atomic E-state index is -5.09. The van der Waals surface area contributed by atoms with Crippen molar-refractivity contribution >= 4 is 44.6 Å². The van der Waals surface area contributed by atoms with Crippen LogP contribution in [-0.4, -0.2) is 106 Å². The summed E-state index contributed by atoms with van der Waals surface area (Å²) in [5.41, 5.74) is -4.72. The highest BCUT2D eigenvalue weighted by Gasteiger charge is 2.63. The van der Waals surface area contributed by atoms with Crippen molar-refractivity contribution < 1.29 is 55.3 Å². The number of nitrogens with one attached hydrogen (secondary N) is 2. The number of carbonyl (C=O) groups is 4. The number of pyridine rings is 1. The van der Waals surface area contributed by atoms with Gasteiger partial charge in [-0.1, -0.05) is 26.0 Å². The van der Waals surface area contributed by atoms with Gasteiger partial charge in [0.2, 0.25) is 27.7 Å². The number of carbonyl (C=O) groups excluding carboxylic acids is 3. The van der Waals surface area contributed by atoms with Crippen LogP contribution in [0.25, 0.3) is 10.8 Å². The first-order chi connectivity index (χ1) is 26.7. The number of alkyl halides is 3. The first kappa shape index (κ1) is 42.0. The Hall–Kier alpha value is -4.61. The number of amides is 4. The Bertz CT molecular complexity index is 2040. The maximum absolute atomic E-state index is 14.9. The Kier molecular flexibility index (Phi) is 11.5. The van der Waals surface area contributed by atoms with Crippen LogP contribution in [0.4, 0.5) is 18.0 Å². The summed E-state index contributed by atoms with van der Waals surface area (Å²) in [6, 6.07) is 3.63. The first-order valence-corrected chi connectivity index (χ1v) is 20.9. The Morgan fingerprint density at radius 1 is 1.12 bits per heavy atom. The molecule has 18 heteroatoms. The molecule has 2 aromatic rings. The molecule has 1 saturated heterocycles. The lowest BCUT2D eigenvalue weighted by molar-refractivity contribution is -0.222. The second-order valence-corrected chi connectivity index (χ2v) is 18.3. The van der Waals surface area contributed by atoms with E-state index < -0.39 is 86.4 Å². The normalized spacial score (nSPS) is 28.7. The van der Waals surface area contributed by atoms with E-state index in [1.807, 2.05) is 13.8 Å². The molecule has 1 aromatic heterocycles. The summed E-state index contributed by atoms with van der Waals surface area (Å²) in [6.07, 6.45) is -1.19. The Morgan fingerprint density at radius 2 is 1.84 bits per heavy atom. The maximum Gasteiger partial charge on any atom is 0.411 e. The number of nitrogens with zero attached hydrogens (tertiary/aromatic N) is 3. The Balaban J connectivity index is 1.41. The molecular weight excluding hydrogens is 772 g/mol. The molecule has 0 radical (unpaired) electrons. The number of aromatic nitrogens is 1. The van der Waals surface area contributed by atoms with Gasteiger partial charge in [-0.15, -0.1) is 0 Å². The SMILES string of the molecule is CCOc1ccc2c(O[C@@H]3C[C@H]4C(=O)N[C@]5(C(=O)NS(=O)(=O)C6CC6)C[C@H]5C=CCC[C@@H](C)C[C@@H](C)[C@H](N(C(=O)O)C(C)(C)C(F)(F)F)C(=O)N4C3)nccc2c1. The van der Waals surface area contributed by atoms with Gasteiger partial charge in [0, 0.05) is 23.9 Å². The van der Waals surface area contributed by atoms with E-state index >= 15 is 0 Å². The average Bonchev–Trinajstić information content (AvgIpc) is 4.05. The number of hydrogen-bond donors (Lipinski definition) is 3. The number of ether oxygens (including phenoxy) is 2. The third kappa shape index (κ3) is 8.51. The van der Waals surface area contributed by atoms with E-state index in [1.54, 1.807) is 36.4 Å². The van der Waals surface area contributed by atoms with Gasteiger partial charge in [-0.2, -0.15) is 13.2 Å². The fourth-order valence-corrected chi connectivity index (χ4v) is 9.49. The molecule has 0 spiro atoms. The lowest BCUT2D eigenvalue weighted by atomic mass is 9.85. The molecule has 2 aliphatic carbocycles. The van der Waals surface area contributed by atoms with Crippen LogP contribution in [0.3, 0.4) is 0 Å². The summed E-state index contributed by atoms with van der Waals surface area (Å²) in [5.74, 6) is -3.80. The van der Waals surface area contributed by atoms with Crippen molar-refractivity contribution in [2.24, 2.45) is 17.8 Å². The van der Waals surface area contributed by atoms with Crippen molar-refractivity contribution in [2.45, 2.75) is 120 Å². The van der Waals surface area contributed by atoms with Gasteiger partial charge in [0.25, 0.3) is 5.91 Å². The van der Waals surface area contributed by atoms with Crippen LogP contribution < -0.4 is 19.5 Å². The molecule has 0 unspecified atom stereocenters. The molecule has 2 saturated carbocycles. The number of benzene rings is 1. The smallest absolute Gasteiger partial charge is 0.411 e. The average molecular weight is 822 g/mol. The van der Waals surface area contributed by atoms with Crippen LogP contribution in [-0.2, 0) is 24.4 Å². The van der Waals surface area contributed by atoms with Gasteiger partial charge >= 0.3 is 12.3 Å². The van der Waals surface area contributed by atoms with Crippen LogP contribution in [0.2, 0.25) is 0 Å². The number of halogens is 3. The van der Waals surface area contributed by atoms with Crippen molar-refractivity contribution in [2.75, 3.05) is 13.2 Å². The summed E-state index contributed by atoms with van der Waals surface area (Å²) in [5, 5.41) is 13.7. The molecule has 6 rings (SSSR count). The van der Waals surface area contributed by atoms with Crippen LogP contribution >= 0.6 is 0 Å². The molecule has 0 bridgehead atoms. The van der Waals surface area contributed by atoms with Crippen LogP contribution in [0.1, 0.15) is 79.6 Å². The zero-order valence-electron chi connectivity index (χ0n) is 32.5. The van der Waals surface area contributed by atoms with Gasteiger partial charge in [-0.3, -0.25) is 24.0 Å². The molecule has 4 amide bonds. The Morgan fingerprint density at radius 3 is 2.49 bits per heavy atom. The second-order valence-electron chi connectivity index (χ2n) is 16.3. The Labute approximate surface area is 329 Å². The topological polar surface area (TPSA) is 185 Å². The molecular formula is C39H50F3N5O9S. The van der Waals surface area contributed by atoms with Crippen molar-refractivity contribution in [1.82, 2.24) is 24.8 Å². The molecule has 14 nitrogen and oxygen atoms in total. The van der Waals surface area contributed by atoms with Gasteiger partial charge < -0.3 is 24.8 Å². The van der Waals surface area contributed by atoms with E-state index in [0.717, 1.165) is 4.90 Å². The van der Waals surface area contributed by atoms with Gasteiger partial charge in [0.15, 0.2) is 0 Å². The lowest BCUT2D eigenvalue weighted by Gasteiger charge is -2.45. The van der Waals surface area contributed by atoms with E-state index in [9.17, 15) is 45.9 Å². The zero-order valence-corrected chi connectivity index (χ0v) is 33.4. The zero-order chi connectivity index (χ0) is 41.7. The van der Waals surface area contributed by atoms with Gasteiger partial charge in [-0.25, -0.2) is 18.2 Å². The molecule has 7 atom stereocenters. The third-order valence-corrected chi connectivity index (χ3v) is 13.5. The predicted molar refractivity (Wildman–Crippen MR) is 202 cm³/mol. The van der Waals surface area contributed by atoms with Crippen LogP contribution in [0.15, 0.2) is 42.6 Å². The van der Waals surface area contributed by atoms with Gasteiger partial charge in [0.1, 0.15) is 35.0 Å². The molecule has 3 N–H and O–H groups in total. The van der Waals surface area contributed by atoms with Crippen LogP contribution in [0, 0.1) is 17.8 Å². The summed E-state index contributed by atoms with van der Waals surface area (Å²) in [6.45, 7) is 6.70. The number of allylic oxidation sites excluding steroid dienone is 1. The molecule has 3 fully saturated rings.